The molecule has 1 aromatic carbocycles. The molecule has 5 aliphatic carbocycles. The van der Waals surface area contributed by atoms with Crippen LogP contribution in [0.15, 0.2) is 35.9 Å². The largest absolute Gasteiger partial charge is 0.358 e. The van der Waals surface area contributed by atoms with E-state index in [-0.39, 0.29) is 32.5 Å². The van der Waals surface area contributed by atoms with Crippen LogP contribution in [0.4, 0.5) is 0 Å². The van der Waals surface area contributed by atoms with Gasteiger partial charge >= 0.3 is 0 Å². The standard InChI is InChI=1S/C40H57N3O/c1-35(2)16-18-40(34(44)43-22-20-41-21-23-43)19-17-38(6)28(29(40)25-35)12-13-32-37(5)24-27-26-10-8-9-11-30(26)42-33(27)36(3,4)31(37)14-15-39(32,38)7/h8-12,29,31-32,41-42H,13-25H2,1-7H3/t29-,31-,32+,37-,38+,39+,40-/m0/s1. The SMILES string of the molecule is CC1(C)CC[C@]2(C(=O)N3CCNCC3)CC[C@]3(C)C(=CC[C@@H]4[C@@]5(C)Cc6c([nH]c7ccccc67)C(C)(C)[C@@H]5CC[C@]43C)[C@@H]2C1. The molecular weight excluding hydrogens is 538 g/mol. The number of fused-ring (bicyclic) bond motifs is 10. The first-order valence-corrected chi connectivity index (χ1v) is 18.1. The molecule has 8 rings (SSSR count). The Morgan fingerprint density at radius 2 is 1.61 bits per heavy atom. The van der Waals surface area contributed by atoms with Crippen LogP contribution < -0.4 is 5.32 Å². The highest BCUT2D eigenvalue weighted by Crippen LogP contribution is 2.75. The Labute approximate surface area is 266 Å². The number of aromatic amines is 1. The number of piperazine rings is 1. The number of nitrogens with one attached hydrogen (secondary N) is 2. The van der Waals surface area contributed by atoms with Crippen molar-refractivity contribution in [3.8, 4) is 0 Å². The molecule has 7 atom stereocenters. The Morgan fingerprint density at radius 1 is 0.886 bits per heavy atom. The molecule has 238 valence electrons. The van der Waals surface area contributed by atoms with E-state index in [0.29, 0.717) is 23.7 Å². The minimum Gasteiger partial charge on any atom is -0.358 e. The molecule has 2 N–H and O–H groups in total. The van der Waals surface area contributed by atoms with Crippen LogP contribution in [-0.2, 0) is 16.6 Å². The molecule has 2 aromatic rings. The third kappa shape index (κ3) is 3.64. The van der Waals surface area contributed by atoms with E-state index in [2.05, 4.69) is 94.0 Å². The maximum Gasteiger partial charge on any atom is 0.229 e. The Morgan fingerprint density at radius 3 is 2.39 bits per heavy atom. The topological polar surface area (TPSA) is 48.1 Å². The number of amides is 1. The summed E-state index contributed by atoms with van der Waals surface area (Å²) in [5, 5.41) is 4.93. The maximum atomic E-state index is 14.6. The fourth-order valence-electron chi connectivity index (χ4n) is 13.1. The molecular formula is C40H57N3O. The highest BCUT2D eigenvalue weighted by atomic mass is 16.2. The molecule has 4 fully saturated rings. The van der Waals surface area contributed by atoms with Gasteiger partial charge in [-0.15, -0.1) is 0 Å². The van der Waals surface area contributed by atoms with Gasteiger partial charge in [0.2, 0.25) is 5.91 Å². The van der Waals surface area contributed by atoms with Crippen LogP contribution in [-0.4, -0.2) is 42.0 Å². The van der Waals surface area contributed by atoms with Gasteiger partial charge in [-0.05, 0) is 109 Å². The lowest BCUT2D eigenvalue weighted by atomic mass is 9.33. The second-order valence-electron chi connectivity index (χ2n) is 18.3. The average molecular weight is 596 g/mol. The van der Waals surface area contributed by atoms with Gasteiger partial charge in [0.15, 0.2) is 0 Å². The van der Waals surface area contributed by atoms with E-state index in [0.717, 1.165) is 39.0 Å². The van der Waals surface area contributed by atoms with Gasteiger partial charge in [0.25, 0.3) is 0 Å². The molecule has 6 aliphatic rings. The van der Waals surface area contributed by atoms with Crippen LogP contribution in [0.3, 0.4) is 0 Å². The first-order chi connectivity index (χ1) is 20.8. The predicted octanol–water partition coefficient (Wildman–Crippen LogP) is 8.42. The van der Waals surface area contributed by atoms with Crippen LogP contribution in [0, 0.1) is 44.8 Å². The summed E-state index contributed by atoms with van der Waals surface area (Å²) in [7, 11) is 0. The summed E-state index contributed by atoms with van der Waals surface area (Å²) in [6.07, 6.45) is 13.4. The van der Waals surface area contributed by atoms with Crippen molar-refractivity contribution >= 4 is 16.8 Å². The molecule has 2 heterocycles. The van der Waals surface area contributed by atoms with Gasteiger partial charge in [-0.3, -0.25) is 4.79 Å². The van der Waals surface area contributed by atoms with E-state index < -0.39 is 0 Å². The molecule has 1 amide bonds. The number of para-hydroxylation sites is 1. The van der Waals surface area contributed by atoms with Crippen LogP contribution >= 0.6 is 0 Å². The molecule has 3 saturated carbocycles. The van der Waals surface area contributed by atoms with Crippen molar-refractivity contribution in [3.05, 3.63) is 47.2 Å². The smallest absolute Gasteiger partial charge is 0.229 e. The second-order valence-corrected chi connectivity index (χ2v) is 18.3. The summed E-state index contributed by atoms with van der Waals surface area (Å²) >= 11 is 0. The number of benzene rings is 1. The second kappa shape index (κ2) is 9.26. The molecule has 4 heteroatoms. The van der Waals surface area contributed by atoms with Gasteiger partial charge in [-0.1, -0.05) is 78.3 Å². The van der Waals surface area contributed by atoms with Crippen molar-refractivity contribution in [1.29, 1.82) is 0 Å². The van der Waals surface area contributed by atoms with E-state index in [4.69, 9.17) is 0 Å². The minimum absolute atomic E-state index is 0.123. The van der Waals surface area contributed by atoms with E-state index in [9.17, 15) is 4.79 Å². The Balaban J connectivity index is 1.22. The van der Waals surface area contributed by atoms with Gasteiger partial charge in [-0.25, -0.2) is 0 Å². The number of carbonyl (C=O) groups excluding carboxylic acids is 1. The van der Waals surface area contributed by atoms with Crippen LogP contribution in [0.5, 0.6) is 0 Å². The number of hydrogen-bond acceptors (Lipinski definition) is 2. The van der Waals surface area contributed by atoms with Crippen molar-refractivity contribution in [2.45, 2.75) is 112 Å². The minimum atomic E-state index is -0.200. The van der Waals surface area contributed by atoms with Crippen LogP contribution in [0.2, 0.25) is 0 Å². The predicted molar refractivity (Wildman–Crippen MR) is 181 cm³/mol. The number of rotatable bonds is 1. The first kappa shape index (κ1) is 29.3. The van der Waals surface area contributed by atoms with Crippen molar-refractivity contribution in [2.24, 2.45) is 44.8 Å². The van der Waals surface area contributed by atoms with E-state index in [1.54, 1.807) is 11.1 Å². The zero-order chi connectivity index (χ0) is 30.9. The number of aromatic nitrogens is 1. The third-order valence-electron chi connectivity index (χ3n) is 15.6. The number of hydrogen-bond donors (Lipinski definition) is 2. The highest BCUT2D eigenvalue weighted by molar-refractivity contribution is 5.86. The zero-order valence-corrected chi connectivity index (χ0v) is 28.7. The van der Waals surface area contributed by atoms with E-state index >= 15 is 0 Å². The normalized spacial score (nSPS) is 42.3. The van der Waals surface area contributed by atoms with Crippen LogP contribution in [0.25, 0.3) is 10.9 Å². The molecule has 0 bridgehead atoms. The van der Waals surface area contributed by atoms with Crippen molar-refractivity contribution < 1.29 is 4.79 Å². The maximum absolute atomic E-state index is 14.6. The third-order valence-corrected chi connectivity index (χ3v) is 15.6. The lowest BCUT2D eigenvalue weighted by molar-refractivity contribution is -0.173. The lowest BCUT2D eigenvalue weighted by Crippen LogP contribution is -2.65. The molecule has 1 saturated heterocycles. The van der Waals surface area contributed by atoms with Crippen molar-refractivity contribution in [2.75, 3.05) is 26.2 Å². The highest BCUT2D eigenvalue weighted by Gasteiger charge is 2.69. The Bertz CT molecular complexity index is 1540. The summed E-state index contributed by atoms with van der Waals surface area (Å²) in [6.45, 7) is 21.7. The molecule has 4 nitrogen and oxygen atoms in total. The lowest BCUT2D eigenvalue weighted by Gasteiger charge is -2.71. The Hall–Kier alpha value is -2.07. The zero-order valence-electron chi connectivity index (χ0n) is 28.7. The summed E-state index contributed by atoms with van der Waals surface area (Å²) in [6, 6.07) is 9.03. The molecule has 44 heavy (non-hydrogen) atoms. The number of allylic oxidation sites excluding steroid dienone is 2. The average Bonchev–Trinajstić information content (AvgIpc) is 3.36. The van der Waals surface area contributed by atoms with Crippen molar-refractivity contribution in [3.63, 3.8) is 0 Å². The number of H-pyrrole nitrogens is 1. The molecule has 1 aliphatic heterocycles. The summed E-state index contributed by atoms with van der Waals surface area (Å²) in [5.74, 6) is 2.19. The van der Waals surface area contributed by atoms with Gasteiger partial charge < -0.3 is 15.2 Å². The number of nitrogens with zero attached hydrogens (tertiary/aromatic N) is 1. The molecule has 0 spiro atoms. The quantitative estimate of drug-likeness (QED) is 0.325. The van der Waals surface area contributed by atoms with Crippen molar-refractivity contribution in [1.82, 2.24) is 15.2 Å². The van der Waals surface area contributed by atoms with Gasteiger partial charge in [0, 0.05) is 48.2 Å². The van der Waals surface area contributed by atoms with Gasteiger partial charge in [0.05, 0.1) is 5.41 Å². The fourth-order valence-corrected chi connectivity index (χ4v) is 13.1. The van der Waals surface area contributed by atoms with E-state index in [1.165, 1.54) is 61.5 Å². The fraction of sp³-hybridized carbons (Fsp3) is 0.725. The first-order valence-electron chi connectivity index (χ1n) is 18.1. The number of carbonyl (C=O) groups is 1. The van der Waals surface area contributed by atoms with Gasteiger partial charge in [-0.2, -0.15) is 0 Å². The molecule has 1 aromatic heterocycles. The summed E-state index contributed by atoms with van der Waals surface area (Å²) < 4.78 is 0. The summed E-state index contributed by atoms with van der Waals surface area (Å²) in [5.41, 5.74) is 6.96. The Kier molecular flexibility index (Phi) is 6.18. The molecule has 0 radical (unpaired) electrons. The molecule has 0 unspecified atom stereocenters. The van der Waals surface area contributed by atoms with Crippen LogP contribution in [0.1, 0.15) is 111 Å². The van der Waals surface area contributed by atoms with E-state index in [1.807, 2.05) is 0 Å². The van der Waals surface area contributed by atoms with Gasteiger partial charge in [0.1, 0.15) is 0 Å². The monoisotopic (exact) mass is 595 g/mol. The summed E-state index contributed by atoms with van der Waals surface area (Å²) in [4.78, 5) is 20.8.